The Hall–Kier alpha value is -3.01. The molecule has 1 aromatic heterocycles. The van der Waals surface area contributed by atoms with Crippen molar-refractivity contribution in [2.45, 2.75) is 0 Å². The summed E-state index contributed by atoms with van der Waals surface area (Å²) in [5.41, 5.74) is 2.47. The molecule has 0 radical (unpaired) electrons. The van der Waals surface area contributed by atoms with Crippen molar-refractivity contribution in [3.05, 3.63) is 84.3 Å². The molecule has 1 heterocycles. The third kappa shape index (κ3) is 3.17. The molecule has 0 fully saturated rings. The zero-order valence-corrected chi connectivity index (χ0v) is 11.7. The number of rotatable bonds is 3. The van der Waals surface area contributed by atoms with Crippen LogP contribution in [0.3, 0.4) is 0 Å². The predicted molar refractivity (Wildman–Crippen MR) is 84.0 cm³/mol. The van der Waals surface area contributed by atoms with Gasteiger partial charge in [0.05, 0.1) is 11.3 Å². The van der Waals surface area contributed by atoms with E-state index in [0.717, 1.165) is 5.69 Å². The van der Waals surface area contributed by atoms with Crippen LogP contribution >= 0.6 is 0 Å². The molecule has 3 rings (SSSR count). The number of nitrogens with zero attached hydrogens (tertiary/aromatic N) is 1. The molecule has 1 N–H and O–H groups in total. The largest absolute Gasteiger partial charge is 0.322 e. The molecule has 0 unspecified atom stereocenters. The number of carbonyl (C=O) groups is 1. The molecule has 108 valence electrons. The maximum Gasteiger partial charge on any atom is 0.257 e. The number of hydrogen-bond donors (Lipinski definition) is 1. The van der Waals surface area contributed by atoms with Crippen LogP contribution in [-0.2, 0) is 0 Å². The molecule has 0 aliphatic heterocycles. The molecular formula is C18H13FN2O. The van der Waals surface area contributed by atoms with Gasteiger partial charge in [-0.2, -0.15) is 0 Å². The Morgan fingerprint density at radius 3 is 2.45 bits per heavy atom. The number of aromatic nitrogens is 1. The van der Waals surface area contributed by atoms with Gasteiger partial charge in [0, 0.05) is 17.4 Å². The summed E-state index contributed by atoms with van der Waals surface area (Å²) in [4.78, 5) is 16.3. The van der Waals surface area contributed by atoms with E-state index in [4.69, 9.17) is 0 Å². The van der Waals surface area contributed by atoms with E-state index in [0.29, 0.717) is 16.8 Å². The van der Waals surface area contributed by atoms with Crippen molar-refractivity contribution in [2.75, 3.05) is 5.32 Å². The van der Waals surface area contributed by atoms with Crippen molar-refractivity contribution in [3.8, 4) is 11.3 Å². The average Bonchev–Trinajstić information content (AvgIpc) is 2.56. The Bertz CT molecular complexity index is 786. The molecule has 1 amide bonds. The van der Waals surface area contributed by atoms with Gasteiger partial charge in [-0.1, -0.05) is 30.3 Å². The van der Waals surface area contributed by atoms with Crippen molar-refractivity contribution in [2.24, 2.45) is 0 Å². The molecular weight excluding hydrogens is 279 g/mol. The number of nitrogens with one attached hydrogen (secondary N) is 1. The van der Waals surface area contributed by atoms with Gasteiger partial charge in [-0.3, -0.25) is 9.78 Å². The first-order valence-corrected chi connectivity index (χ1v) is 6.81. The van der Waals surface area contributed by atoms with Crippen LogP contribution in [-0.4, -0.2) is 10.9 Å². The first-order chi connectivity index (χ1) is 10.7. The number of benzene rings is 2. The van der Waals surface area contributed by atoms with Crippen LogP contribution in [0.2, 0.25) is 0 Å². The lowest BCUT2D eigenvalue weighted by Gasteiger charge is -2.06. The van der Waals surface area contributed by atoms with Gasteiger partial charge in [-0.05, 0) is 36.4 Å². The van der Waals surface area contributed by atoms with Crippen molar-refractivity contribution in [1.29, 1.82) is 0 Å². The fourth-order valence-electron chi connectivity index (χ4n) is 2.07. The topological polar surface area (TPSA) is 42.0 Å². The molecule has 0 aliphatic carbocycles. The number of para-hydroxylation sites is 1. The van der Waals surface area contributed by atoms with Gasteiger partial charge in [0.15, 0.2) is 0 Å². The second-order valence-electron chi connectivity index (χ2n) is 4.76. The minimum atomic E-state index is -0.315. The van der Waals surface area contributed by atoms with Gasteiger partial charge < -0.3 is 5.32 Å². The summed E-state index contributed by atoms with van der Waals surface area (Å²) < 4.78 is 13.2. The van der Waals surface area contributed by atoms with Crippen LogP contribution in [0.4, 0.5) is 10.1 Å². The van der Waals surface area contributed by atoms with E-state index < -0.39 is 0 Å². The van der Waals surface area contributed by atoms with E-state index in [2.05, 4.69) is 10.3 Å². The van der Waals surface area contributed by atoms with E-state index in [1.165, 1.54) is 18.3 Å². The van der Waals surface area contributed by atoms with E-state index in [-0.39, 0.29) is 11.7 Å². The van der Waals surface area contributed by atoms with E-state index in [1.54, 1.807) is 24.3 Å². The monoisotopic (exact) mass is 292 g/mol. The molecule has 0 aliphatic rings. The maximum absolute atomic E-state index is 13.2. The summed E-state index contributed by atoms with van der Waals surface area (Å²) in [5.74, 6) is -0.547. The van der Waals surface area contributed by atoms with Crippen molar-refractivity contribution in [3.63, 3.8) is 0 Å². The highest BCUT2D eigenvalue weighted by Gasteiger charge is 2.07. The smallest absolute Gasteiger partial charge is 0.257 e. The average molecular weight is 292 g/mol. The number of halogens is 1. The second-order valence-corrected chi connectivity index (χ2v) is 4.76. The Labute approximate surface area is 127 Å². The van der Waals surface area contributed by atoms with Crippen molar-refractivity contribution >= 4 is 11.6 Å². The third-order valence-electron chi connectivity index (χ3n) is 3.18. The molecule has 0 saturated carbocycles. The minimum absolute atomic E-state index is 0.232. The maximum atomic E-state index is 13.2. The number of amides is 1. The normalized spacial score (nSPS) is 10.2. The lowest BCUT2D eigenvalue weighted by atomic mass is 10.1. The molecule has 0 saturated heterocycles. The summed E-state index contributed by atoms with van der Waals surface area (Å²) in [5, 5.41) is 2.79. The Kier molecular flexibility index (Phi) is 3.92. The molecule has 3 aromatic rings. The van der Waals surface area contributed by atoms with Crippen molar-refractivity contribution < 1.29 is 9.18 Å². The first-order valence-electron chi connectivity index (χ1n) is 6.81. The molecule has 0 spiro atoms. The van der Waals surface area contributed by atoms with E-state index in [1.807, 2.05) is 30.3 Å². The van der Waals surface area contributed by atoms with E-state index >= 15 is 0 Å². The van der Waals surface area contributed by atoms with Crippen LogP contribution < -0.4 is 5.32 Å². The summed E-state index contributed by atoms with van der Waals surface area (Å²) in [6.07, 6.45) is 1.48. The van der Waals surface area contributed by atoms with Crippen LogP contribution in [0.25, 0.3) is 11.3 Å². The highest BCUT2D eigenvalue weighted by Crippen LogP contribution is 2.18. The van der Waals surface area contributed by atoms with E-state index in [9.17, 15) is 9.18 Å². The summed E-state index contributed by atoms with van der Waals surface area (Å²) in [6, 6.07) is 18.8. The predicted octanol–water partition coefficient (Wildman–Crippen LogP) is 4.14. The summed E-state index contributed by atoms with van der Waals surface area (Å²) in [6.45, 7) is 0. The zero-order valence-electron chi connectivity index (χ0n) is 11.7. The second kappa shape index (κ2) is 6.18. The van der Waals surface area contributed by atoms with Gasteiger partial charge in [0.25, 0.3) is 5.91 Å². The Balaban J connectivity index is 1.78. The SMILES string of the molecule is O=C(Nc1ccccc1)c1ccc(-c2cccc(F)c2)nc1. The molecule has 3 nitrogen and oxygen atoms in total. The van der Waals surface area contributed by atoms with Crippen molar-refractivity contribution in [1.82, 2.24) is 4.98 Å². The zero-order chi connectivity index (χ0) is 15.4. The first kappa shape index (κ1) is 13.9. The Morgan fingerprint density at radius 2 is 1.77 bits per heavy atom. The molecule has 22 heavy (non-hydrogen) atoms. The molecule has 2 aromatic carbocycles. The number of carbonyl (C=O) groups excluding carboxylic acids is 1. The third-order valence-corrected chi connectivity index (χ3v) is 3.18. The van der Waals surface area contributed by atoms with Crippen LogP contribution in [0.15, 0.2) is 72.9 Å². The number of anilines is 1. The van der Waals surface area contributed by atoms with Gasteiger partial charge >= 0.3 is 0 Å². The van der Waals surface area contributed by atoms with Gasteiger partial charge in [-0.25, -0.2) is 4.39 Å². The molecule has 0 bridgehead atoms. The van der Waals surface area contributed by atoms with Crippen LogP contribution in [0.5, 0.6) is 0 Å². The Morgan fingerprint density at radius 1 is 0.955 bits per heavy atom. The van der Waals surface area contributed by atoms with Crippen LogP contribution in [0, 0.1) is 5.82 Å². The quantitative estimate of drug-likeness (QED) is 0.788. The number of hydrogen-bond acceptors (Lipinski definition) is 2. The minimum Gasteiger partial charge on any atom is -0.322 e. The molecule has 4 heteroatoms. The number of pyridine rings is 1. The lowest BCUT2D eigenvalue weighted by Crippen LogP contribution is -2.12. The standard InChI is InChI=1S/C18H13FN2O/c19-15-6-4-5-13(11-15)17-10-9-14(12-20-17)18(22)21-16-7-2-1-3-8-16/h1-12H,(H,21,22). The summed E-state index contributed by atoms with van der Waals surface area (Å²) in [7, 11) is 0. The van der Waals surface area contributed by atoms with Gasteiger partial charge in [0.2, 0.25) is 0 Å². The van der Waals surface area contributed by atoms with Gasteiger partial charge in [0.1, 0.15) is 5.82 Å². The molecule has 0 atom stereocenters. The summed E-state index contributed by atoms with van der Waals surface area (Å²) >= 11 is 0. The fraction of sp³-hybridized carbons (Fsp3) is 0. The van der Waals surface area contributed by atoms with Crippen LogP contribution in [0.1, 0.15) is 10.4 Å². The highest BCUT2D eigenvalue weighted by atomic mass is 19.1. The van der Waals surface area contributed by atoms with Gasteiger partial charge in [-0.15, -0.1) is 0 Å². The lowest BCUT2D eigenvalue weighted by molar-refractivity contribution is 0.102. The highest BCUT2D eigenvalue weighted by molar-refractivity contribution is 6.04. The fourth-order valence-corrected chi connectivity index (χ4v) is 2.07.